The second-order valence-electron chi connectivity index (χ2n) is 7.06. The smallest absolute Gasteiger partial charge is 0.339 e. The highest BCUT2D eigenvalue weighted by atomic mass is 32.2. The van der Waals surface area contributed by atoms with Gasteiger partial charge in [0.2, 0.25) is 10.9 Å². The molecule has 0 N–H and O–H groups in total. The second kappa shape index (κ2) is 9.52. The number of hydrogen-bond donors (Lipinski definition) is 0. The van der Waals surface area contributed by atoms with Crippen LogP contribution in [0, 0.1) is 24.0 Å². The number of carbonyl (C=O) groups is 2. The van der Waals surface area contributed by atoms with E-state index in [1.807, 2.05) is 16.9 Å². The monoisotopic (exact) mass is 499 g/mol. The largest absolute Gasteiger partial charge is 0.454 e. The van der Waals surface area contributed by atoms with Gasteiger partial charge in [-0.2, -0.15) is 0 Å². The third-order valence-corrected chi connectivity index (χ3v) is 6.71. The predicted octanol–water partition coefficient (Wildman–Crippen LogP) is 3.17. The Morgan fingerprint density at radius 1 is 1.24 bits per heavy atom. The summed E-state index contributed by atoms with van der Waals surface area (Å²) < 4.78 is 8.50. The van der Waals surface area contributed by atoms with E-state index in [-0.39, 0.29) is 11.3 Å². The van der Waals surface area contributed by atoms with Crippen molar-refractivity contribution in [3.63, 3.8) is 0 Å². The Balaban J connectivity index is 1.55. The van der Waals surface area contributed by atoms with Crippen LogP contribution in [-0.4, -0.2) is 53.0 Å². The van der Waals surface area contributed by atoms with Gasteiger partial charge in [0.1, 0.15) is 0 Å². The lowest BCUT2D eigenvalue weighted by atomic mass is 10.1. The molecule has 174 valence electrons. The summed E-state index contributed by atoms with van der Waals surface area (Å²) in [5.74, 6) is -1.27. The highest BCUT2D eigenvalue weighted by molar-refractivity contribution is 7.99. The highest BCUT2D eigenvalue weighted by Crippen LogP contribution is 2.31. The molecule has 3 heterocycles. The summed E-state index contributed by atoms with van der Waals surface area (Å²) in [7, 11) is 1.62. The molecule has 4 aromatic rings. The maximum Gasteiger partial charge on any atom is 0.339 e. The second-order valence-corrected chi connectivity index (χ2v) is 8.94. The Labute approximate surface area is 200 Å². The third-order valence-electron chi connectivity index (χ3n) is 4.85. The van der Waals surface area contributed by atoms with Crippen LogP contribution in [0.3, 0.4) is 0 Å². The number of rotatable bonds is 8. The molecule has 0 amide bonds. The van der Waals surface area contributed by atoms with Crippen molar-refractivity contribution in [3.05, 3.63) is 68.5 Å². The molecular formula is C20H17N7O5S2. The Hall–Kier alpha value is -3.91. The number of ketones is 1. The summed E-state index contributed by atoms with van der Waals surface area (Å²) in [4.78, 5) is 40.9. The molecule has 0 saturated carbocycles. The topological polar surface area (TPSA) is 148 Å². The van der Waals surface area contributed by atoms with Gasteiger partial charge in [-0.3, -0.25) is 19.5 Å². The van der Waals surface area contributed by atoms with Gasteiger partial charge in [0.15, 0.2) is 11.7 Å². The first kappa shape index (κ1) is 23.3. The number of tetrazole rings is 1. The van der Waals surface area contributed by atoms with E-state index in [0.717, 1.165) is 28.7 Å². The summed E-state index contributed by atoms with van der Waals surface area (Å²) in [6.45, 7) is 3.11. The minimum atomic E-state index is -0.872. The lowest BCUT2D eigenvalue weighted by Crippen LogP contribution is -2.16. The number of thiazole rings is 1. The van der Waals surface area contributed by atoms with E-state index in [4.69, 9.17) is 4.74 Å². The van der Waals surface area contributed by atoms with Crippen molar-refractivity contribution in [3.8, 4) is 5.13 Å². The van der Waals surface area contributed by atoms with Gasteiger partial charge in [-0.05, 0) is 48.2 Å². The lowest BCUT2D eigenvalue weighted by Gasteiger charge is -2.09. The molecule has 1 aromatic carbocycles. The Kier molecular flexibility index (Phi) is 6.51. The fourth-order valence-electron chi connectivity index (χ4n) is 3.24. The van der Waals surface area contributed by atoms with Crippen molar-refractivity contribution in [1.82, 2.24) is 29.8 Å². The molecule has 0 bridgehead atoms. The molecule has 0 atom stereocenters. The molecule has 3 aromatic heterocycles. The number of nitro benzene ring substituents is 1. The van der Waals surface area contributed by atoms with Gasteiger partial charge >= 0.3 is 5.97 Å². The van der Waals surface area contributed by atoms with E-state index in [2.05, 4.69) is 20.5 Å². The first-order chi connectivity index (χ1) is 16.3. The van der Waals surface area contributed by atoms with Gasteiger partial charge in [-0.25, -0.2) is 14.5 Å². The van der Waals surface area contributed by atoms with Crippen LogP contribution >= 0.6 is 23.1 Å². The molecule has 4 rings (SSSR count). The highest BCUT2D eigenvalue weighted by Gasteiger charge is 2.23. The molecular weight excluding hydrogens is 482 g/mol. The average molecular weight is 500 g/mol. The van der Waals surface area contributed by atoms with Crippen LogP contribution in [0.2, 0.25) is 0 Å². The summed E-state index contributed by atoms with van der Waals surface area (Å²) in [5.41, 5.74) is 1.54. The normalized spacial score (nSPS) is 10.9. The van der Waals surface area contributed by atoms with E-state index in [1.165, 1.54) is 28.2 Å². The minimum absolute atomic E-state index is 0.0664. The van der Waals surface area contributed by atoms with Crippen LogP contribution in [-0.2, 0) is 11.8 Å². The van der Waals surface area contributed by atoms with E-state index in [9.17, 15) is 19.7 Å². The van der Waals surface area contributed by atoms with Crippen LogP contribution < -0.4 is 0 Å². The van der Waals surface area contributed by atoms with E-state index >= 15 is 0 Å². The molecule has 0 fully saturated rings. The van der Waals surface area contributed by atoms with E-state index < -0.39 is 23.3 Å². The standard InChI is InChI=1S/C20H17N7O5S2/c1-11-8-14(12(2)26(11)19-21-6-7-33-19)16(28)10-32-18(29)15-9-13(27(30)31)4-5-17(15)34-20-22-23-24-25(20)3/h4-9H,10H2,1-3H3. The van der Waals surface area contributed by atoms with Crippen LogP contribution in [0.5, 0.6) is 0 Å². The zero-order valence-electron chi connectivity index (χ0n) is 18.2. The first-order valence-corrected chi connectivity index (χ1v) is 11.4. The zero-order valence-corrected chi connectivity index (χ0v) is 19.8. The molecule has 0 aliphatic carbocycles. The molecule has 0 radical (unpaired) electrons. The number of hydrogen-bond acceptors (Lipinski definition) is 11. The number of aryl methyl sites for hydroxylation is 2. The molecule has 0 spiro atoms. The van der Waals surface area contributed by atoms with Crippen molar-refractivity contribution in [1.29, 1.82) is 0 Å². The number of carbonyl (C=O) groups excluding carboxylic acids is 2. The number of non-ortho nitro benzene ring substituents is 1. The number of esters is 1. The summed E-state index contributed by atoms with van der Waals surface area (Å²) in [6, 6.07) is 5.50. The van der Waals surface area contributed by atoms with Gasteiger partial charge < -0.3 is 4.74 Å². The minimum Gasteiger partial charge on any atom is -0.454 e. The molecule has 14 heteroatoms. The number of nitrogens with zero attached hydrogens (tertiary/aromatic N) is 7. The number of benzene rings is 1. The number of ether oxygens (including phenoxy) is 1. The van der Waals surface area contributed by atoms with Gasteiger partial charge in [0.05, 0.1) is 10.5 Å². The summed E-state index contributed by atoms with van der Waals surface area (Å²) in [5, 5.41) is 25.3. The van der Waals surface area contributed by atoms with E-state index in [1.54, 1.807) is 26.2 Å². The molecule has 0 unspecified atom stereocenters. The Morgan fingerprint density at radius 2 is 2.03 bits per heavy atom. The van der Waals surface area contributed by atoms with Crippen LogP contribution in [0.25, 0.3) is 5.13 Å². The summed E-state index contributed by atoms with van der Waals surface area (Å²) >= 11 is 2.48. The molecule has 0 aliphatic heterocycles. The molecule has 34 heavy (non-hydrogen) atoms. The number of Topliss-reactive ketones (excluding diaryl/α,β-unsaturated/α-hetero) is 1. The SMILES string of the molecule is Cc1cc(C(=O)COC(=O)c2cc([N+](=O)[O-])ccc2Sc2nnnn2C)c(C)n1-c1nccs1. The number of aromatic nitrogens is 6. The lowest BCUT2D eigenvalue weighted by molar-refractivity contribution is -0.384. The quantitative estimate of drug-likeness (QED) is 0.153. The van der Waals surface area contributed by atoms with Gasteiger partial charge in [-0.1, -0.05) is 0 Å². The Bertz CT molecular complexity index is 1390. The van der Waals surface area contributed by atoms with E-state index in [0.29, 0.717) is 21.3 Å². The predicted molar refractivity (Wildman–Crippen MR) is 122 cm³/mol. The van der Waals surface area contributed by atoms with Crippen LogP contribution in [0.1, 0.15) is 32.1 Å². The third kappa shape index (κ3) is 4.58. The first-order valence-electron chi connectivity index (χ1n) is 9.74. The molecule has 0 aliphatic rings. The Morgan fingerprint density at radius 3 is 2.68 bits per heavy atom. The van der Waals surface area contributed by atoms with Gasteiger partial charge in [-0.15, -0.1) is 16.4 Å². The maximum atomic E-state index is 12.9. The fraction of sp³-hybridized carbons (Fsp3) is 0.200. The van der Waals surface area contributed by atoms with Crippen LogP contribution in [0.4, 0.5) is 5.69 Å². The van der Waals surface area contributed by atoms with Crippen molar-refractivity contribution >= 4 is 40.5 Å². The van der Waals surface area contributed by atoms with Gasteiger partial charge in [0.25, 0.3) is 5.69 Å². The fourth-order valence-corrected chi connectivity index (χ4v) is 4.82. The summed E-state index contributed by atoms with van der Waals surface area (Å²) in [6.07, 6.45) is 1.67. The average Bonchev–Trinajstić information content (AvgIpc) is 3.53. The van der Waals surface area contributed by atoms with Crippen molar-refractivity contribution in [2.45, 2.75) is 23.9 Å². The van der Waals surface area contributed by atoms with Gasteiger partial charge in [0, 0.05) is 52.6 Å². The van der Waals surface area contributed by atoms with Crippen molar-refractivity contribution in [2.24, 2.45) is 7.05 Å². The maximum absolute atomic E-state index is 12.9. The molecule has 0 saturated heterocycles. The zero-order chi connectivity index (χ0) is 24.4. The van der Waals surface area contributed by atoms with Crippen LogP contribution in [0.15, 0.2) is 45.9 Å². The number of nitro groups is 1. The van der Waals surface area contributed by atoms with Crippen molar-refractivity contribution < 1.29 is 19.2 Å². The molecule has 12 nitrogen and oxygen atoms in total. The van der Waals surface area contributed by atoms with Crippen molar-refractivity contribution in [2.75, 3.05) is 6.61 Å².